The lowest BCUT2D eigenvalue weighted by Gasteiger charge is -2.21. The van der Waals surface area contributed by atoms with Gasteiger partial charge in [-0.2, -0.15) is 0 Å². The lowest BCUT2D eigenvalue weighted by Crippen LogP contribution is -2.44. The van der Waals surface area contributed by atoms with Crippen molar-refractivity contribution in [3.05, 3.63) is 29.3 Å². The molecule has 1 rings (SSSR count). The van der Waals surface area contributed by atoms with E-state index in [1.54, 1.807) is 0 Å². The van der Waals surface area contributed by atoms with Gasteiger partial charge in [0.1, 0.15) is 5.75 Å². The number of nitrogens with zero attached hydrogens (tertiary/aromatic N) is 1. The molecule has 0 aliphatic carbocycles. The number of hydrogen-bond acceptors (Lipinski definition) is 2. The van der Waals surface area contributed by atoms with Crippen molar-refractivity contribution in [3.8, 4) is 5.75 Å². The topological polar surface area (TPSA) is 59.6 Å². The summed E-state index contributed by atoms with van der Waals surface area (Å²) in [5.41, 5.74) is 8.02. The molecule has 20 heavy (non-hydrogen) atoms. The van der Waals surface area contributed by atoms with E-state index < -0.39 is 0 Å². The number of aliphatic imine (C=N–C) groups is 1. The maximum absolute atomic E-state index is 5.84. The van der Waals surface area contributed by atoms with Gasteiger partial charge >= 0.3 is 0 Å². The van der Waals surface area contributed by atoms with Gasteiger partial charge in [0, 0.05) is 5.54 Å². The lowest BCUT2D eigenvalue weighted by molar-refractivity contribution is 0.338. The Hall–Kier alpha value is -0.980. The number of benzene rings is 1. The molecule has 5 heteroatoms. The molecule has 1 aromatic carbocycles. The van der Waals surface area contributed by atoms with Crippen LogP contribution in [-0.2, 0) is 6.54 Å². The third-order valence-corrected chi connectivity index (χ3v) is 2.47. The SMILES string of the molecule is CCOc1ccc(CN=C(N)NC(C)(C)C)cc1C.I. The number of guanidine groups is 1. The molecule has 0 radical (unpaired) electrons. The van der Waals surface area contributed by atoms with E-state index in [2.05, 4.69) is 37.1 Å². The van der Waals surface area contributed by atoms with Crippen molar-refractivity contribution in [2.45, 2.75) is 46.7 Å². The van der Waals surface area contributed by atoms with Crippen molar-refractivity contribution in [3.63, 3.8) is 0 Å². The summed E-state index contributed by atoms with van der Waals surface area (Å²) in [5.74, 6) is 1.40. The van der Waals surface area contributed by atoms with E-state index in [1.165, 1.54) is 0 Å². The molecular weight excluding hydrogens is 365 g/mol. The second kappa shape index (κ2) is 8.34. The quantitative estimate of drug-likeness (QED) is 0.471. The van der Waals surface area contributed by atoms with Crippen molar-refractivity contribution < 1.29 is 4.74 Å². The van der Waals surface area contributed by atoms with Crippen molar-refractivity contribution in [1.82, 2.24) is 5.32 Å². The molecule has 0 unspecified atom stereocenters. The largest absolute Gasteiger partial charge is 0.494 e. The Bertz CT molecular complexity index is 453. The number of hydrogen-bond donors (Lipinski definition) is 2. The Balaban J connectivity index is 0.00000361. The standard InChI is InChI=1S/C15H25N3O.HI/c1-6-19-13-8-7-12(9-11(13)2)10-17-14(16)18-15(3,4)5;/h7-9H,6,10H2,1-5H3,(H3,16,17,18);1H. The Morgan fingerprint density at radius 2 is 2.00 bits per heavy atom. The van der Waals surface area contributed by atoms with E-state index in [0.29, 0.717) is 19.1 Å². The fourth-order valence-electron chi connectivity index (χ4n) is 1.73. The number of ether oxygens (including phenoxy) is 1. The van der Waals surface area contributed by atoms with Crippen LogP contribution in [0.3, 0.4) is 0 Å². The summed E-state index contributed by atoms with van der Waals surface area (Å²) < 4.78 is 5.51. The fourth-order valence-corrected chi connectivity index (χ4v) is 1.73. The molecule has 0 aliphatic rings. The summed E-state index contributed by atoms with van der Waals surface area (Å²) in [4.78, 5) is 4.34. The van der Waals surface area contributed by atoms with E-state index in [9.17, 15) is 0 Å². The van der Waals surface area contributed by atoms with Gasteiger partial charge in [-0.05, 0) is 51.8 Å². The van der Waals surface area contributed by atoms with Crippen LogP contribution in [0.5, 0.6) is 5.75 Å². The molecule has 0 aliphatic heterocycles. The van der Waals surface area contributed by atoms with E-state index >= 15 is 0 Å². The molecule has 0 saturated carbocycles. The molecule has 3 N–H and O–H groups in total. The van der Waals surface area contributed by atoms with Crippen LogP contribution < -0.4 is 15.8 Å². The minimum absolute atomic E-state index is 0. The number of aryl methyl sites for hydroxylation is 1. The van der Waals surface area contributed by atoms with Crippen molar-refractivity contribution in [2.24, 2.45) is 10.7 Å². The van der Waals surface area contributed by atoms with Gasteiger partial charge in [0.05, 0.1) is 13.2 Å². The second-order valence-electron chi connectivity index (χ2n) is 5.61. The molecular formula is C15H26IN3O. The Morgan fingerprint density at radius 3 is 2.50 bits per heavy atom. The van der Waals surface area contributed by atoms with Crippen LogP contribution in [0.4, 0.5) is 0 Å². The van der Waals surface area contributed by atoms with E-state index in [0.717, 1.165) is 16.9 Å². The molecule has 0 atom stereocenters. The molecule has 0 amide bonds. The average Bonchev–Trinajstić information content (AvgIpc) is 2.27. The number of rotatable bonds is 4. The minimum Gasteiger partial charge on any atom is -0.494 e. The molecule has 114 valence electrons. The Morgan fingerprint density at radius 1 is 1.35 bits per heavy atom. The number of nitrogens with two attached hydrogens (primary N) is 1. The normalized spacial score (nSPS) is 11.8. The highest BCUT2D eigenvalue weighted by molar-refractivity contribution is 14.0. The molecule has 1 aromatic rings. The van der Waals surface area contributed by atoms with Crippen LogP contribution in [0.2, 0.25) is 0 Å². The summed E-state index contributed by atoms with van der Waals surface area (Å²) in [5, 5.41) is 3.14. The average molecular weight is 391 g/mol. The number of halogens is 1. The predicted octanol–water partition coefficient (Wildman–Crippen LogP) is 3.21. The van der Waals surface area contributed by atoms with Gasteiger partial charge in [0.25, 0.3) is 0 Å². The van der Waals surface area contributed by atoms with Crippen LogP contribution >= 0.6 is 24.0 Å². The smallest absolute Gasteiger partial charge is 0.189 e. The van der Waals surface area contributed by atoms with E-state index in [1.807, 2.05) is 26.0 Å². The number of nitrogens with one attached hydrogen (secondary N) is 1. The monoisotopic (exact) mass is 391 g/mol. The summed E-state index contributed by atoms with van der Waals surface area (Å²) in [6, 6.07) is 6.09. The zero-order valence-corrected chi connectivity index (χ0v) is 15.3. The zero-order valence-electron chi connectivity index (χ0n) is 13.0. The summed E-state index contributed by atoms with van der Waals surface area (Å²) >= 11 is 0. The third kappa shape index (κ3) is 6.98. The first-order valence-electron chi connectivity index (χ1n) is 6.62. The van der Waals surface area contributed by atoms with Crippen LogP contribution in [0.1, 0.15) is 38.8 Å². The Labute approximate surface area is 139 Å². The van der Waals surface area contributed by atoms with Gasteiger partial charge in [0.2, 0.25) is 0 Å². The molecule has 0 aromatic heterocycles. The van der Waals surface area contributed by atoms with E-state index in [4.69, 9.17) is 10.5 Å². The summed E-state index contributed by atoms with van der Waals surface area (Å²) in [6.45, 7) is 11.4. The highest BCUT2D eigenvalue weighted by Crippen LogP contribution is 2.19. The zero-order chi connectivity index (χ0) is 14.5. The lowest BCUT2D eigenvalue weighted by atomic mass is 10.1. The molecule has 4 nitrogen and oxygen atoms in total. The summed E-state index contributed by atoms with van der Waals surface area (Å²) in [7, 11) is 0. The van der Waals surface area contributed by atoms with Crippen molar-refractivity contribution >= 4 is 29.9 Å². The van der Waals surface area contributed by atoms with Crippen LogP contribution in [-0.4, -0.2) is 18.1 Å². The van der Waals surface area contributed by atoms with Crippen LogP contribution in [0, 0.1) is 6.92 Å². The van der Waals surface area contributed by atoms with Crippen molar-refractivity contribution in [2.75, 3.05) is 6.61 Å². The van der Waals surface area contributed by atoms with E-state index in [-0.39, 0.29) is 29.5 Å². The maximum atomic E-state index is 5.84. The van der Waals surface area contributed by atoms with Gasteiger partial charge in [-0.25, -0.2) is 4.99 Å². The van der Waals surface area contributed by atoms with Gasteiger partial charge in [0.15, 0.2) is 5.96 Å². The summed E-state index contributed by atoms with van der Waals surface area (Å²) in [6.07, 6.45) is 0. The first-order chi connectivity index (χ1) is 8.81. The predicted molar refractivity (Wildman–Crippen MR) is 96.0 cm³/mol. The molecule has 0 heterocycles. The third-order valence-electron chi connectivity index (χ3n) is 2.47. The van der Waals surface area contributed by atoms with Gasteiger partial charge in [-0.15, -0.1) is 24.0 Å². The Kier molecular flexibility index (Phi) is 7.93. The maximum Gasteiger partial charge on any atom is 0.189 e. The molecule has 0 bridgehead atoms. The highest BCUT2D eigenvalue weighted by Gasteiger charge is 2.09. The minimum atomic E-state index is -0.0671. The first kappa shape index (κ1) is 19.0. The van der Waals surface area contributed by atoms with Gasteiger partial charge < -0.3 is 15.8 Å². The molecule has 0 saturated heterocycles. The molecule has 0 fully saturated rings. The first-order valence-corrected chi connectivity index (χ1v) is 6.62. The van der Waals surface area contributed by atoms with Crippen LogP contribution in [0.15, 0.2) is 23.2 Å². The van der Waals surface area contributed by atoms with Gasteiger partial charge in [-0.3, -0.25) is 0 Å². The fraction of sp³-hybridized carbons (Fsp3) is 0.533. The second-order valence-corrected chi connectivity index (χ2v) is 5.61. The van der Waals surface area contributed by atoms with Crippen molar-refractivity contribution in [1.29, 1.82) is 0 Å². The highest BCUT2D eigenvalue weighted by atomic mass is 127. The van der Waals surface area contributed by atoms with Crippen LogP contribution in [0.25, 0.3) is 0 Å². The van der Waals surface area contributed by atoms with Gasteiger partial charge in [-0.1, -0.05) is 12.1 Å². The molecule has 0 spiro atoms.